The second-order valence-electron chi connectivity index (χ2n) is 2.72. The summed E-state index contributed by atoms with van der Waals surface area (Å²) >= 11 is 1.53. The van der Waals surface area contributed by atoms with Crippen molar-refractivity contribution in [2.75, 3.05) is 5.75 Å². The zero-order valence-corrected chi connectivity index (χ0v) is 8.74. The molecule has 15 heavy (non-hydrogen) atoms. The Labute approximate surface area is 91.6 Å². The number of terminal acetylenes is 1. The van der Waals surface area contributed by atoms with Crippen molar-refractivity contribution in [3.05, 3.63) is 18.6 Å². The molecule has 0 N–H and O–H groups in total. The van der Waals surface area contributed by atoms with Crippen LogP contribution in [0.25, 0.3) is 11.2 Å². The molecule has 74 valence electrons. The highest BCUT2D eigenvalue weighted by molar-refractivity contribution is 7.99. The fourth-order valence-electron chi connectivity index (χ4n) is 1.03. The van der Waals surface area contributed by atoms with Gasteiger partial charge in [-0.1, -0.05) is 11.8 Å². The summed E-state index contributed by atoms with van der Waals surface area (Å²) in [6.07, 6.45) is 10.8. The van der Waals surface area contributed by atoms with E-state index in [4.69, 9.17) is 6.42 Å². The van der Waals surface area contributed by atoms with Crippen LogP contribution in [0.2, 0.25) is 0 Å². The summed E-state index contributed by atoms with van der Waals surface area (Å²) in [5, 5.41) is 0.693. The van der Waals surface area contributed by atoms with Gasteiger partial charge in [-0.3, -0.25) is 0 Å². The van der Waals surface area contributed by atoms with Gasteiger partial charge in [-0.2, -0.15) is 0 Å². The monoisotopic (exact) mass is 216 g/mol. The summed E-state index contributed by atoms with van der Waals surface area (Å²) in [5.41, 5.74) is 1.33. The number of fused-ring (bicyclic) bond motifs is 1. The topological polar surface area (TPSA) is 51.6 Å². The van der Waals surface area contributed by atoms with Gasteiger partial charge in [-0.15, -0.1) is 12.3 Å². The Kier molecular flexibility index (Phi) is 3.10. The molecule has 0 atom stereocenters. The van der Waals surface area contributed by atoms with Crippen LogP contribution in [-0.2, 0) is 0 Å². The van der Waals surface area contributed by atoms with Crippen molar-refractivity contribution < 1.29 is 0 Å². The molecule has 4 nitrogen and oxygen atoms in total. The maximum absolute atomic E-state index is 5.16. The van der Waals surface area contributed by atoms with E-state index in [0.717, 1.165) is 5.75 Å². The van der Waals surface area contributed by atoms with Crippen molar-refractivity contribution in [1.82, 2.24) is 19.9 Å². The van der Waals surface area contributed by atoms with Gasteiger partial charge in [0, 0.05) is 24.6 Å². The lowest BCUT2D eigenvalue weighted by atomic mass is 10.5. The number of thioether (sulfide) groups is 1. The van der Waals surface area contributed by atoms with Crippen LogP contribution in [0.3, 0.4) is 0 Å². The van der Waals surface area contributed by atoms with E-state index in [0.29, 0.717) is 22.7 Å². The Morgan fingerprint density at radius 1 is 1.27 bits per heavy atom. The molecule has 0 unspecified atom stereocenters. The van der Waals surface area contributed by atoms with Crippen LogP contribution in [0, 0.1) is 12.3 Å². The summed E-state index contributed by atoms with van der Waals surface area (Å²) in [5.74, 6) is 3.39. The minimum absolute atomic E-state index is 0.621. The van der Waals surface area contributed by atoms with Crippen molar-refractivity contribution in [2.24, 2.45) is 0 Å². The van der Waals surface area contributed by atoms with Crippen molar-refractivity contribution in [2.45, 2.75) is 11.6 Å². The normalized spacial score (nSPS) is 10.1. The molecule has 2 aromatic heterocycles. The summed E-state index contributed by atoms with van der Waals surface area (Å²) in [7, 11) is 0. The molecular weight excluding hydrogens is 208 g/mol. The van der Waals surface area contributed by atoms with Crippen LogP contribution >= 0.6 is 11.8 Å². The van der Waals surface area contributed by atoms with Gasteiger partial charge in [-0.05, 0) is 0 Å². The summed E-state index contributed by atoms with van der Waals surface area (Å²) in [6.45, 7) is 0. The molecule has 0 aliphatic heterocycles. The zero-order chi connectivity index (χ0) is 10.5. The van der Waals surface area contributed by atoms with Gasteiger partial charge in [-0.25, -0.2) is 19.9 Å². The average Bonchev–Trinajstić information content (AvgIpc) is 2.29. The lowest BCUT2D eigenvalue weighted by Crippen LogP contribution is -1.92. The van der Waals surface area contributed by atoms with Crippen LogP contribution in [0.15, 0.2) is 23.7 Å². The molecular formula is C10H8N4S. The fraction of sp³-hybridized carbons (Fsp3) is 0.200. The lowest BCUT2D eigenvalue weighted by Gasteiger charge is -1.98. The van der Waals surface area contributed by atoms with Crippen LogP contribution in [0.5, 0.6) is 0 Å². The van der Waals surface area contributed by atoms with Gasteiger partial charge < -0.3 is 0 Å². The first-order valence-electron chi connectivity index (χ1n) is 4.40. The van der Waals surface area contributed by atoms with E-state index in [1.807, 2.05) is 0 Å². The van der Waals surface area contributed by atoms with E-state index in [1.165, 1.54) is 11.8 Å². The molecule has 5 heteroatoms. The molecule has 0 amide bonds. The van der Waals surface area contributed by atoms with Crippen LogP contribution in [0.1, 0.15) is 6.42 Å². The standard InChI is InChI=1S/C10H8N4S/c1-2-3-6-15-10-13-7-8-9(14-10)12-5-4-11-8/h1,4-5,7H,3,6H2. The Bertz CT molecular complexity index is 506. The molecule has 2 rings (SSSR count). The lowest BCUT2D eigenvalue weighted by molar-refractivity contribution is 0.978. The molecule has 0 saturated heterocycles. The number of nitrogens with zero attached hydrogens (tertiary/aromatic N) is 4. The van der Waals surface area contributed by atoms with E-state index >= 15 is 0 Å². The number of hydrogen-bond donors (Lipinski definition) is 0. The Morgan fingerprint density at radius 2 is 2.13 bits per heavy atom. The van der Waals surface area contributed by atoms with Crippen LogP contribution in [0.4, 0.5) is 0 Å². The van der Waals surface area contributed by atoms with E-state index < -0.39 is 0 Å². The smallest absolute Gasteiger partial charge is 0.189 e. The molecule has 0 spiro atoms. The van der Waals surface area contributed by atoms with Crippen molar-refractivity contribution in [3.63, 3.8) is 0 Å². The van der Waals surface area contributed by atoms with Crippen LogP contribution in [-0.4, -0.2) is 25.7 Å². The molecule has 0 aromatic carbocycles. The third-order valence-electron chi connectivity index (χ3n) is 1.68. The van der Waals surface area contributed by atoms with E-state index in [9.17, 15) is 0 Å². The van der Waals surface area contributed by atoms with Crippen molar-refractivity contribution >= 4 is 22.9 Å². The Hall–Kier alpha value is -1.67. The van der Waals surface area contributed by atoms with Gasteiger partial charge in [0.05, 0.1) is 6.20 Å². The molecule has 0 radical (unpaired) electrons. The number of hydrogen-bond acceptors (Lipinski definition) is 5. The first-order valence-corrected chi connectivity index (χ1v) is 5.39. The molecule has 0 bridgehead atoms. The van der Waals surface area contributed by atoms with Crippen molar-refractivity contribution in [3.8, 4) is 12.3 Å². The van der Waals surface area contributed by atoms with E-state index in [2.05, 4.69) is 25.9 Å². The van der Waals surface area contributed by atoms with Gasteiger partial charge in [0.2, 0.25) is 0 Å². The van der Waals surface area contributed by atoms with Gasteiger partial charge in [0.15, 0.2) is 10.8 Å². The Morgan fingerprint density at radius 3 is 3.00 bits per heavy atom. The predicted molar refractivity (Wildman–Crippen MR) is 59.3 cm³/mol. The fourth-order valence-corrected chi connectivity index (χ4v) is 1.71. The van der Waals surface area contributed by atoms with Crippen molar-refractivity contribution in [1.29, 1.82) is 0 Å². The minimum Gasteiger partial charge on any atom is -0.250 e. The van der Waals surface area contributed by atoms with Gasteiger partial charge in [0.1, 0.15) is 5.52 Å². The second-order valence-corrected chi connectivity index (χ2v) is 3.78. The summed E-state index contributed by atoms with van der Waals surface area (Å²) in [6, 6.07) is 0. The highest BCUT2D eigenvalue weighted by Gasteiger charge is 2.01. The molecule has 0 saturated carbocycles. The molecule has 0 fully saturated rings. The maximum atomic E-state index is 5.16. The van der Waals surface area contributed by atoms with Gasteiger partial charge in [0.25, 0.3) is 0 Å². The summed E-state index contributed by atoms with van der Waals surface area (Å²) in [4.78, 5) is 16.6. The SMILES string of the molecule is C#CCCSc1ncc2nccnc2n1. The average molecular weight is 216 g/mol. The summed E-state index contributed by atoms with van der Waals surface area (Å²) < 4.78 is 0. The molecule has 2 aromatic rings. The molecule has 0 aliphatic carbocycles. The van der Waals surface area contributed by atoms with Crippen LogP contribution < -0.4 is 0 Å². The number of rotatable bonds is 3. The minimum atomic E-state index is 0.621. The largest absolute Gasteiger partial charge is 0.250 e. The first kappa shape index (κ1) is 9.87. The van der Waals surface area contributed by atoms with E-state index in [-0.39, 0.29) is 0 Å². The van der Waals surface area contributed by atoms with Gasteiger partial charge >= 0.3 is 0 Å². The first-order chi connectivity index (χ1) is 7.40. The molecule has 0 aliphatic rings. The third kappa shape index (κ3) is 2.42. The second kappa shape index (κ2) is 4.71. The molecule has 2 heterocycles. The quantitative estimate of drug-likeness (QED) is 0.337. The number of aromatic nitrogens is 4. The van der Waals surface area contributed by atoms with E-state index in [1.54, 1.807) is 18.6 Å². The maximum Gasteiger partial charge on any atom is 0.189 e. The Balaban J connectivity index is 2.20. The highest BCUT2D eigenvalue weighted by atomic mass is 32.2. The third-order valence-corrected chi connectivity index (χ3v) is 2.55. The zero-order valence-electron chi connectivity index (χ0n) is 7.92. The predicted octanol–water partition coefficient (Wildman–Crippen LogP) is 1.54. The highest BCUT2D eigenvalue weighted by Crippen LogP contribution is 2.14.